The van der Waals surface area contributed by atoms with Crippen LogP contribution < -0.4 is 10.1 Å². The van der Waals surface area contributed by atoms with Crippen LogP contribution in [-0.4, -0.2) is 47.3 Å². The van der Waals surface area contributed by atoms with Crippen LogP contribution in [0.25, 0.3) is 11.3 Å². The van der Waals surface area contributed by atoms with E-state index in [0.717, 1.165) is 12.1 Å². The third-order valence-electron chi connectivity index (χ3n) is 5.52. The van der Waals surface area contributed by atoms with Gasteiger partial charge in [0, 0.05) is 32.5 Å². The Morgan fingerprint density at radius 2 is 2.09 bits per heavy atom. The molecule has 0 radical (unpaired) electrons. The van der Waals surface area contributed by atoms with Gasteiger partial charge >= 0.3 is 0 Å². The van der Waals surface area contributed by atoms with Gasteiger partial charge in [-0.2, -0.15) is 0 Å². The van der Waals surface area contributed by atoms with Crippen molar-refractivity contribution in [2.45, 2.75) is 18.5 Å². The van der Waals surface area contributed by atoms with Crippen LogP contribution in [0.1, 0.15) is 30.0 Å². The van der Waals surface area contributed by atoms with Crippen LogP contribution in [0.15, 0.2) is 59.1 Å². The average molecular weight is 469 g/mol. The van der Waals surface area contributed by atoms with E-state index in [1.165, 1.54) is 19.2 Å². The number of aromatic nitrogens is 1. The average Bonchev–Trinajstić information content (AvgIpc) is 3.44. The molecule has 4 rings (SSSR count). The highest BCUT2D eigenvalue weighted by Gasteiger charge is 2.41. The van der Waals surface area contributed by atoms with Gasteiger partial charge in [0.2, 0.25) is 0 Å². The molecule has 0 bridgehead atoms. The first-order valence-corrected chi connectivity index (χ1v) is 10.8. The van der Waals surface area contributed by atoms with Crippen LogP contribution in [0.3, 0.4) is 0 Å². The lowest BCUT2D eigenvalue weighted by atomic mass is 10.0. The van der Waals surface area contributed by atoms with Crippen molar-refractivity contribution in [1.82, 2.24) is 15.2 Å². The molecule has 0 amide bonds. The molecule has 1 aliphatic heterocycles. The predicted octanol–water partition coefficient (Wildman–Crippen LogP) is 4.27. The molecule has 0 aliphatic carbocycles. The molecule has 1 fully saturated rings. The van der Waals surface area contributed by atoms with Gasteiger partial charge in [-0.15, -0.1) is 0 Å². The number of nitro benzene ring substituents is 1. The number of nitrogens with one attached hydrogen (secondary N) is 1. The largest absolute Gasteiger partial charge is 0.496 e. The summed E-state index contributed by atoms with van der Waals surface area (Å²) in [4.78, 5) is 17.3. The zero-order valence-corrected chi connectivity index (χ0v) is 19.1. The van der Waals surface area contributed by atoms with Crippen molar-refractivity contribution < 1.29 is 18.8 Å². The minimum Gasteiger partial charge on any atom is -0.496 e. The fourth-order valence-electron chi connectivity index (χ4n) is 3.99. The molecule has 3 aromatic rings. The normalized spacial score (nSPS) is 17.8. The van der Waals surface area contributed by atoms with Gasteiger partial charge in [0.05, 0.1) is 35.4 Å². The van der Waals surface area contributed by atoms with Crippen molar-refractivity contribution in [3.05, 3.63) is 76.3 Å². The number of benzene rings is 1. The first-order valence-electron chi connectivity index (χ1n) is 10.4. The standard InChI is InChI=1S/C23H24N4O5S/c1-30-13-5-12-26-22(21(25-23(26)33)17-6-3-4-11-24-17)19-10-9-18(32-19)16-8-7-15(27(28)29)14-20(16)31-2/h3-4,6-11,14,21-22H,5,12-13H2,1-2H3,(H,25,33). The van der Waals surface area contributed by atoms with Crippen molar-refractivity contribution in [3.8, 4) is 17.1 Å². The van der Waals surface area contributed by atoms with E-state index in [4.69, 9.17) is 26.1 Å². The van der Waals surface area contributed by atoms with Crippen LogP contribution in [0.4, 0.5) is 5.69 Å². The van der Waals surface area contributed by atoms with Crippen molar-refractivity contribution in [2.24, 2.45) is 0 Å². The molecule has 2 aromatic heterocycles. The third kappa shape index (κ3) is 4.67. The molecule has 33 heavy (non-hydrogen) atoms. The number of hydrogen-bond acceptors (Lipinski definition) is 7. The van der Waals surface area contributed by atoms with Crippen molar-refractivity contribution in [1.29, 1.82) is 0 Å². The predicted molar refractivity (Wildman–Crippen MR) is 126 cm³/mol. The number of rotatable bonds is 9. The quantitative estimate of drug-likeness (QED) is 0.213. The van der Waals surface area contributed by atoms with Gasteiger partial charge in [-0.3, -0.25) is 15.1 Å². The third-order valence-corrected chi connectivity index (χ3v) is 5.88. The first-order chi connectivity index (χ1) is 16.0. The number of methoxy groups -OCH3 is 2. The van der Waals surface area contributed by atoms with E-state index in [1.54, 1.807) is 19.4 Å². The van der Waals surface area contributed by atoms with Gasteiger partial charge in [-0.05, 0) is 49.0 Å². The molecule has 1 N–H and O–H groups in total. The van der Waals surface area contributed by atoms with Crippen LogP contribution in [0, 0.1) is 10.1 Å². The Morgan fingerprint density at radius 3 is 2.79 bits per heavy atom. The molecule has 0 saturated carbocycles. The topological polar surface area (TPSA) is 103 Å². The Bertz CT molecular complexity index is 1140. The molecule has 2 atom stereocenters. The van der Waals surface area contributed by atoms with Gasteiger partial charge in [0.25, 0.3) is 5.69 Å². The Kier molecular flexibility index (Phi) is 6.85. The first kappa shape index (κ1) is 22.7. The number of nitrogens with zero attached hydrogens (tertiary/aromatic N) is 3. The van der Waals surface area contributed by atoms with Crippen molar-refractivity contribution >= 4 is 23.0 Å². The SMILES string of the molecule is COCCCN1C(=S)NC(c2ccccn2)C1c1ccc(-c2ccc([N+](=O)[O-])cc2OC)o1. The van der Waals surface area contributed by atoms with E-state index >= 15 is 0 Å². The van der Waals surface area contributed by atoms with Crippen LogP contribution in [-0.2, 0) is 4.74 Å². The summed E-state index contributed by atoms with van der Waals surface area (Å²) in [6.45, 7) is 1.30. The Morgan fingerprint density at radius 1 is 1.24 bits per heavy atom. The highest BCUT2D eigenvalue weighted by Crippen LogP contribution is 2.42. The summed E-state index contributed by atoms with van der Waals surface area (Å²) in [5.41, 5.74) is 1.43. The van der Waals surface area contributed by atoms with Crippen molar-refractivity contribution in [3.63, 3.8) is 0 Å². The fraction of sp³-hybridized carbons (Fsp3) is 0.304. The molecule has 3 heterocycles. The number of furan rings is 1. The summed E-state index contributed by atoms with van der Waals surface area (Å²) in [5.74, 6) is 1.61. The van der Waals surface area contributed by atoms with Gasteiger partial charge < -0.3 is 24.1 Å². The van der Waals surface area contributed by atoms with Crippen LogP contribution in [0.2, 0.25) is 0 Å². The zero-order valence-electron chi connectivity index (χ0n) is 18.3. The zero-order chi connectivity index (χ0) is 23.4. The fourth-order valence-corrected chi connectivity index (χ4v) is 4.32. The maximum Gasteiger partial charge on any atom is 0.273 e. The summed E-state index contributed by atoms with van der Waals surface area (Å²) in [6, 6.07) is 13.5. The molecule has 2 unspecified atom stereocenters. The lowest BCUT2D eigenvalue weighted by Crippen LogP contribution is -2.31. The second kappa shape index (κ2) is 9.97. The summed E-state index contributed by atoms with van der Waals surface area (Å²) in [6.07, 6.45) is 2.55. The van der Waals surface area contributed by atoms with E-state index in [0.29, 0.717) is 41.1 Å². The molecular weight excluding hydrogens is 444 g/mol. The van der Waals surface area contributed by atoms with E-state index in [9.17, 15) is 10.1 Å². The number of pyridine rings is 1. The summed E-state index contributed by atoms with van der Waals surface area (Å²) < 4.78 is 16.9. The lowest BCUT2D eigenvalue weighted by Gasteiger charge is -2.26. The molecule has 9 nitrogen and oxygen atoms in total. The molecule has 172 valence electrons. The summed E-state index contributed by atoms with van der Waals surface area (Å²) in [5, 5.41) is 15.1. The Hall–Kier alpha value is -3.50. The number of hydrogen-bond donors (Lipinski definition) is 1. The number of ether oxygens (including phenoxy) is 2. The van der Waals surface area contributed by atoms with Gasteiger partial charge in [-0.25, -0.2) is 0 Å². The second-order valence-corrected chi connectivity index (χ2v) is 7.90. The summed E-state index contributed by atoms with van der Waals surface area (Å²) in [7, 11) is 3.14. The Labute approximate surface area is 196 Å². The molecule has 1 aliphatic rings. The maximum absolute atomic E-state index is 11.1. The van der Waals surface area contributed by atoms with Gasteiger partial charge in [0.15, 0.2) is 5.11 Å². The lowest BCUT2D eigenvalue weighted by molar-refractivity contribution is -0.384. The van der Waals surface area contributed by atoms with Crippen LogP contribution >= 0.6 is 12.2 Å². The minimum atomic E-state index is -0.458. The molecule has 10 heteroatoms. The van der Waals surface area contributed by atoms with Gasteiger partial charge in [-0.1, -0.05) is 6.07 Å². The maximum atomic E-state index is 11.1. The summed E-state index contributed by atoms with van der Waals surface area (Å²) >= 11 is 5.64. The monoisotopic (exact) mass is 468 g/mol. The van der Waals surface area contributed by atoms with E-state index in [2.05, 4.69) is 15.2 Å². The number of non-ortho nitro benzene ring substituents is 1. The molecule has 0 spiro atoms. The minimum absolute atomic E-state index is 0.0488. The van der Waals surface area contributed by atoms with Crippen LogP contribution in [0.5, 0.6) is 5.75 Å². The van der Waals surface area contributed by atoms with E-state index in [-0.39, 0.29) is 17.8 Å². The molecule has 1 aromatic carbocycles. The highest BCUT2D eigenvalue weighted by atomic mass is 32.1. The Balaban J connectivity index is 1.70. The number of nitro groups is 1. The van der Waals surface area contributed by atoms with E-state index < -0.39 is 4.92 Å². The van der Waals surface area contributed by atoms with Crippen molar-refractivity contribution in [2.75, 3.05) is 27.4 Å². The van der Waals surface area contributed by atoms with Gasteiger partial charge in [0.1, 0.15) is 23.3 Å². The highest BCUT2D eigenvalue weighted by molar-refractivity contribution is 7.80. The smallest absolute Gasteiger partial charge is 0.273 e. The number of thiocarbonyl (C=S) groups is 1. The second-order valence-electron chi connectivity index (χ2n) is 7.51. The van der Waals surface area contributed by atoms with E-state index in [1.807, 2.05) is 30.3 Å². The molecule has 1 saturated heterocycles. The molecular formula is C23H24N4O5S.